The summed E-state index contributed by atoms with van der Waals surface area (Å²) in [5.41, 5.74) is 0. The molecule has 1 rings (SSSR count). The molecule has 1 fully saturated rings. The van der Waals surface area contributed by atoms with Crippen LogP contribution in [0.25, 0.3) is 0 Å². The zero-order valence-corrected chi connectivity index (χ0v) is 48.2. The highest BCUT2D eigenvalue weighted by molar-refractivity contribution is 5.74. The fraction of sp³-hybridized carbons (Fsp3) is 0.692. The summed E-state index contributed by atoms with van der Waals surface area (Å²) in [4.78, 5) is 51.1. The topological polar surface area (TPSA) is 175 Å². The molecule has 12 heteroatoms. The predicted octanol–water partition coefficient (Wildman–Crippen LogP) is 15.7. The van der Waals surface area contributed by atoms with Crippen molar-refractivity contribution in [1.82, 2.24) is 0 Å². The maximum Gasteiger partial charge on any atom is 0.335 e. The summed E-state index contributed by atoms with van der Waals surface area (Å²) in [5, 5.41) is 31.5. The Bertz CT molecular complexity index is 1710. The van der Waals surface area contributed by atoms with Crippen LogP contribution in [0.15, 0.2) is 97.2 Å². The Hall–Kier alpha value is -4.36. The zero-order valence-electron chi connectivity index (χ0n) is 48.2. The highest BCUT2D eigenvalue weighted by Gasteiger charge is 2.50. The fourth-order valence-electron chi connectivity index (χ4n) is 8.54. The number of rotatable bonds is 50. The number of carboxylic acid groups (broad SMARTS) is 1. The Labute approximate surface area is 466 Å². The average molecular weight is 1080 g/mol. The Morgan fingerprint density at radius 1 is 0.442 bits per heavy atom. The standard InChI is InChI=1S/C65H106O12/c1-4-7-10-13-16-19-22-25-27-28-29-30-32-35-38-41-44-47-50-53-59(68)76-63-61(70)60(69)62(64(71)72)77-65(63)74-55-56(75-58(67)52-49-46-43-40-37-33-24-21-18-15-12-9-6-3)54-73-57(66)51-48-45-42-39-36-34-31-26-23-20-17-14-11-8-5-2/h8-9,11-12,17-18,20-21,25-27,31,33,36-37,39,56,60-63,65,69-70H,4-7,10,13-16,19,22-24,28-30,32,34-35,38,40-55H2,1-3H3,(H,71,72)/b11-8-,12-9-,20-17-,21-18-,27-25-,31-26-,37-33-,39-36-. The summed E-state index contributed by atoms with van der Waals surface area (Å²) < 4.78 is 28.4. The highest BCUT2D eigenvalue weighted by Crippen LogP contribution is 2.26. The van der Waals surface area contributed by atoms with Crippen LogP contribution in [0.2, 0.25) is 0 Å². The molecule has 0 aromatic heterocycles. The number of ether oxygens (including phenoxy) is 5. The van der Waals surface area contributed by atoms with Crippen LogP contribution in [0.1, 0.15) is 239 Å². The van der Waals surface area contributed by atoms with Gasteiger partial charge in [-0.25, -0.2) is 4.79 Å². The van der Waals surface area contributed by atoms with E-state index in [2.05, 4.69) is 118 Å². The van der Waals surface area contributed by atoms with Crippen LogP contribution in [0.4, 0.5) is 0 Å². The summed E-state index contributed by atoms with van der Waals surface area (Å²) in [7, 11) is 0. The monoisotopic (exact) mass is 1080 g/mol. The van der Waals surface area contributed by atoms with E-state index in [1.165, 1.54) is 70.6 Å². The van der Waals surface area contributed by atoms with E-state index in [1.54, 1.807) is 0 Å². The molecule has 0 spiro atoms. The number of carboxylic acids is 1. The molecule has 1 heterocycles. The Morgan fingerprint density at radius 3 is 1.30 bits per heavy atom. The van der Waals surface area contributed by atoms with Crippen LogP contribution < -0.4 is 0 Å². The largest absolute Gasteiger partial charge is 0.479 e. The van der Waals surface area contributed by atoms with E-state index in [9.17, 15) is 34.5 Å². The molecule has 1 saturated heterocycles. The lowest BCUT2D eigenvalue weighted by atomic mass is 9.98. The zero-order chi connectivity index (χ0) is 56.1. The second kappa shape index (κ2) is 52.3. The molecule has 0 radical (unpaired) electrons. The van der Waals surface area contributed by atoms with Gasteiger partial charge in [0.25, 0.3) is 0 Å². The molecule has 1 aliphatic rings. The Morgan fingerprint density at radius 2 is 0.818 bits per heavy atom. The smallest absolute Gasteiger partial charge is 0.335 e. The van der Waals surface area contributed by atoms with Gasteiger partial charge in [0.15, 0.2) is 24.6 Å². The van der Waals surface area contributed by atoms with Crippen molar-refractivity contribution in [1.29, 1.82) is 0 Å². The first-order chi connectivity index (χ1) is 37.6. The predicted molar refractivity (Wildman–Crippen MR) is 312 cm³/mol. The second-order valence-corrected chi connectivity index (χ2v) is 20.2. The minimum Gasteiger partial charge on any atom is -0.479 e. The van der Waals surface area contributed by atoms with E-state index in [1.807, 2.05) is 0 Å². The molecule has 6 atom stereocenters. The molecule has 0 aromatic rings. The molecule has 438 valence electrons. The molecule has 1 aliphatic heterocycles. The van der Waals surface area contributed by atoms with E-state index in [0.717, 1.165) is 109 Å². The number of carbonyl (C=O) groups excluding carboxylic acids is 3. The minimum absolute atomic E-state index is 0.0469. The van der Waals surface area contributed by atoms with Gasteiger partial charge in [0.1, 0.15) is 18.8 Å². The number of esters is 3. The first kappa shape index (κ1) is 70.7. The van der Waals surface area contributed by atoms with Crippen LogP contribution in [0.3, 0.4) is 0 Å². The van der Waals surface area contributed by atoms with Gasteiger partial charge in [0, 0.05) is 19.3 Å². The minimum atomic E-state index is -1.92. The lowest BCUT2D eigenvalue weighted by Gasteiger charge is -2.40. The van der Waals surface area contributed by atoms with E-state index >= 15 is 0 Å². The molecule has 0 aromatic carbocycles. The third kappa shape index (κ3) is 42.3. The number of hydrogen-bond donors (Lipinski definition) is 3. The van der Waals surface area contributed by atoms with Crippen molar-refractivity contribution < 1.29 is 58.2 Å². The maximum atomic E-state index is 13.1. The van der Waals surface area contributed by atoms with E-state index in [0.29, 0.717) is 19.3 Å². The van der Waals surface area contributed by atoms with E-state index in [-0.39, 0.29) is 25.9 Å². The number of aliphatic carboxylic acids is 1. The van der Waals surface area contributed by atoms with Crippen LogP contribution in [-0.4, -0.2) is 89.2 Å². The summed E-state index contributed by atoms with van der Waals surface area (Å²) >= 11 is 0. The molecule has 0 amide bonds. The van der Waals surface area contributed by atoms with Gasteiger partial charge in [-0.3, -0.25) is 14.4 Å². The Kier molecular flexibility index (Phi) is 48.0. The molecule has 12 nitrogen and oxygen atoms in total. The number of allylic oxidation sites excluding steroid dienone is 16. The highest BCUT2D eigenvalue weighted by atomic mass is 16.7. The van der Waals surface area contributed by atoms with Gasteiger partial charge >= 0.3 is 23.9 Å². The van der Waals surface area contributed by atoms with Gasteiger partial charge in [-0.05, 0) is 116 Å². The van der Waals surface area contributed by atoms with Crippen molar-refractivity contribution >= 4 is 23.9 Å². The maximum absolute atomic E-state index is 13.1. The first-order valence-electron chi connectivity index (χ1n) is 30.2. The van der Waals surface area contributed by atoms with Crippen molar-refractivity contribution in [3.63, 3.8) is 0 Å². The normalized spacial score (nSPS) is 18.7. The number of aliphatic hydroxyl groups excluding tert-OH is 2. The quantitative estimate of drug-likeness (QED) is 0.0228. The molecule has 0 bridgehead atoms. The summed E-state index contributed by atoms with van der Waals surface area (Å²) in [6, 6.07) is 0. The van der Waals surface area contributed by atoms with Crippen molar-refractivity contribution in [2.45, 2.75) is 276 Å². The molecule has 0 aliphatic carbocycles. The van der Waals surface area contributed by atoms with Crippen molar-refractivity contribution in [2.75, 3.05) is 13.2 Å². The number of carbonyl (C=O) groups is 4. The summed E-state index contributed by atoms with van der Waals surface area (Å²) in [6.07, 6.45) is 56.7. The van der Waals surface area contributed by atoms with Gasteiger partial charge in [-0.1, -0.05) is 201 Å². The third-order valence-corrected chi connectivity index (χ3v) is 13.1. The molecular weight excluding hydrogens is 973 g/mol. The number of unbranched alkanes of at least 4 members (excludes halogenated alkanes) is 20. The fourth-order valence-corrected chi connectivity index (χ4v) is 8.54. The van der Waals surface area contributed by atoms with Crippen LogP contribution in [0.5, 0.6) is 0 Å². The Balaban J connectivity index is 2.70. The number of aliphatic hydroxyl groups is 2. The molecular formula is C65H106O12. The van der Waals surface area contributed by atoms with Crippen molar-refractivity contribution in [2.24, 2.45) is 0 Å². The molecule has 0 saturated carbocycles. The van der Waals surface area contributed by atoms with Crippen LogP contribution in [0, 0.1) is 0 Å². The molecule has 3 N–H and O–H groups in total. The van der Waals surface area contributed by atoms with Crippen molar-refractivity contribution in [3.05, 3.63) is 97.2 Å². The summed E-state index contributed by atoms with van der Waals surface area (Å²) in [5.74, 6) is -3.22. The van der Waals surface area contributed by atoms with E-state index < -0.39 is 67.3 Å². The van der Waals surface area contributed by atoms with Gasteiger partial charge < -0.3 is 39.0 Å². The van der Waals surface area contributed by atoms with Crippen molar-refractivity contribution in [3.8, 4) is 0 Å². The molecule has 6 unspecified atom stereocenters. The molecule has 77 heavy (non-hydrogen) atoms. The third-order valence-electron chi connectivity index (χ3n) is 13.1. The summed E-state index contributed by atoms with van der Waals surface area (Å²) in [6.45, 7) is 5.70. The van der Waals surface area contributed by atoms with Gasteiger partial charge in [-0.15, -0.1) is 0 Å². The first-order valence-corrected chi connectivity index (χ1v) is 30.2. The van der Waals surface area contributed by atoms with E-state index in [4.69, 9.17) is 23.7 Å². The number of hydrogen-bond acceptors (Lipinski definition) is 11. The van der Waals surface area contributed by atoms with Gasteiger partial charge in [0.2, 0.25) is 0 Å². The van der Waals surface area contributed by atoms with Crippen LogP contribution in [-0.2, 0) is 42.9 Å². The van der Waals surface area contributed by atoms with Gasteiger partial charge in [-0.2, -0.15) is 0 Å². The van der Waals surface area contributed by atoms with Gasteiger partial charge in [0.05, 0.1) is 6.61 Å². The second-order valence-electron chi connectivity index (χ2n) is 20.2. The SMILES string of the molecule is CC/C=C\C/C=C\C/C=C\C/C=C\CCCCC(=O)OCC(COC1OC(C(=O)O)C(O)C(O)C1OC(=O)CCCCCCCCCCC/C=C\CCCCCCCC)OC(=O)CCCCC/C=C\C/C=C\C/C=C\CC. The van der Waals surface area contributed by atoms with Crippen LogP contribution >= 0.6 is 0 Å². The lowest BCUT2D eigenvalue weighted by molar-refractivity contribution is -0.301. The average Bonchev–Trinajstić information content (AvgIpc) is 3.42. The lowest BCUT2D eigenvalue weighted by Crippen LogP contribution is -2.61.